The van der Waals surface area contributed by atoms with Gasteiger partial charge in [0.1, 0.15) is 22.7 Å². The molecule has 0 atom stereocenters. The summed E-state index contributed by atoms with van der Waals surface area (Å²) >= 11 is 5.17. The largest absolute Gasteiger partial charge is 0.491 e. The third-order valence-corrected chi connectivity index (χ3v) is 4.27. The average molecular weight is 513 g/mol. The van der Waals surface area contributed by atoms with Gasteiger partial charge in [-0.25, -0.2) is 9.78 Å². The lowest BCUT2D eigenvalue weighted by molar-refractivity contribution is -0.137. The summed E-state index contributed by atoms with van der Waals surface area (Å²) in [5.41, 5.74) is -2.46. The molecule has 0 saturated carbocycles. The van der Waals surface area contributed by atoms with Gasteiger partial charge in [0.25, 0.3) is 0 Å². The van der Waals surface area contributed by atoms with E-state index >= 15 is 0 Å². The highest BCUT2D eigenvalue weighted by molar-refractivity contribution is 7.80. The minimum absolute atomic E-state index is 0.0949. The molecule has 0 aromatic carbocycles. The first-order valence-electron chi connectivity index (χ1n) is 10.4. The number of nitrogens with one attached hydrogen (secondary N) is 3. The lowest BCUT2D eigenvalue weighted by atomic mass is 10.2. The maximum Gasteiger partial charge on any atom is 0.418 e. The number of carbonyl (C=O) groups excluding carboxylic acids is 1. The van der Waals surface area contributed by atoms with Crippen LogP contribution in [0.3, 0.4) is 0 Å². The van der Waals surface area contributed by atoms with Crippen LogP contribution in [0.2, 0.25) is 0 Å². The van der Waals surface area contributed by atoms with Crippen LogP contribution in [0.25, 0.3) is 0 Å². The summed E-state index contributed by atoms with van der Waals surface area (Å²) in [4.78, 5) is 21.2. The number of halogens is 3. The molecule has 1 amide bonds. The Morgan fingerprint density at radius 1 is 1.17 bits per heavy atom. The molecule has 0 radical (unpaired) electrons. The molecule has 0 aliphatic rings. The number of thiocarbonyl (C=S) groups is 1. The molecule has 2 heterocycles. The molecule has 0 spiro atoms. The molecule has 3 N–H and O–H groups in total. The number of pyridine rings is 2. The van der Waals surface area contributed by atoms with E-state index in [2.05, 4.69) is 20.6 Å². The van der Waals surface area contributed by atoms with E-state index in [1.165, 1.54) is 12.3 Å². The zero-order valence-electron chi connectivity index (χ0n) is 20.1. The van der Waals surface area contributed by atoms with E-state index in [4.69, 9.17) is 27.1 Å². The Hall–Kier alpha value is -3.48. The van der Waals surface area contributed by atoms with E-state index in [9.17, 15) is 18.0 Å². The first-order chi connectivity index (χ1) is 16.1. The summed E-state index contributed by atoms with van der Waals surface area (Å²) in [5.74, 6) is -0.106. The molecule has 0 fully saturated rings. The van der Waals surface area contributed by atoms with Gasteiger partial charge in [0.2, 0.25) is 0 Å². The fourth-order valence-corrected chi connectivity index (χ4v) is 2.94. The van der Waals surface area contributed by atoms with Crippen molar-refractivity contribution in [3.8, 4) is 5.75 Å². The van der Waals surface area contributed by atoms with Gasteiger partial charge in [-0.3, -0.25) is 15.3 Å². The monoisotopic (exact) mass is 512 g/mol. The van der Waals surface area contributed by atoms with Gasteiger partial charge in [0.05, 0.1) is 11.7 Å². The Kier molecular flexibility index (Phi) is 8.60. The maximum absolute atomic E-state index is 13.8. The SMILES string of the molecule is CC(C)Oc1ccnc(C(=N)NC(=S)Nc2nccc(C(F)(F)F)c2N(C)C(=O)OC(C)(C)C)c1. The number of hydrogen-bond acceptors (Lipinski definition) is 7. The van der Waals surface area contributed by atoms with E-state index in [0.29, 0.717) is 10.6 Å². The van der Waals surface area contributed by atoms with Crippen LogP contribution >= 0.6 is 12.2 Å². The quantitative estimate of drug-likeness (QED) is 0.293. The Labute approximate surface area is 206 Å². The summed E-state index contributed by atoms with van der Waals surface area (Å²) in [6.45, 7) is 8.45. The number of ether oxygens (including phenoxy) is 2. The molecular weight excluding hydrogens is 485 g/mol. The fourth-order valence-electron chi connectivity index (χ4n) is 2.75. The first kappa shape index (κ1) is 27.8. The number of hydrogen-bond donors (Lipinski definition) is 3. The van der Waals surface area contributed by atoms with Crippen LogP contribution in [0, 0.1) is 5.41 Å². The highest BCUT2D eigenvalue weighted by Crippen LogP contribution is 2.40. The highest BCUT2D eigenvalue weighted by atomic mass is 32.1. The molecule has 2 rings (SSSR count). The lowest BCUT2D eigenvalue weighted by Gasteiger charge is -2.27. The number of nitrogens with zero attached hydrogens (tertiary/aromatic N) is 3. The van der Waals surface area contributed by atoms with Crippen molar-refractivity contribution in [3.05, 3.63) is 41.9 Å². The lowest BCUT2D eigenvalue weighted by Crippen LogP contribution is -2.38. The van der Waals surface area contributed by atoms with Gasteiger partial charge in [-0.1, -0.05) is 0 Å². The van der Waals surface area contributed by atoms with Crippen LogP contribution in [0.4, 0.5) is 29.5 Å². The standard InChI is InChI=1S/C22H27F3N6O3S/c1-12(2)33-13-7-9-27-15(11-13)17(26)29-19(35)30-18-16(14(8-10-28-18)22(23,24)25)31(6)20(32)34-21(3,4)5/h7-12H,1-6H3,(H3,26,28,29,30,35). The highest BCUT2D eigenvalue weighted by Gasteiger charge is 2.38. The molecule has 2 aromatic heterocycles. The van der Waals surface area contributed by atoms with Gasteiger partial charge in [0.15, 0.2) is 16.8 Å². The molecule has 0 unspecified atom stereocenters. The normalized spacial score (nSPS) is 11.6. The van der Waals surface area contributed by atoms with Crippen molar-refractivity contribution in [2.24, 2.45) is 0 Å². The molecule has 9 nitrogen and oxygen atoms in total. The Balaban J connectivity index is 2.31. The molecule has 35 heavy (non-hydrogen) atoms. The summed E-state index contributed by atoms with van der Waals surface area (Å²) in [5, 5.41) is 13.0. The molecule has 13 heteroatoms. The third-order valence-electron chi connectivity index (χ3n) is 4.06. The molecule has 0 bridgehead atoms. The number of amidine groups is 1. The molecular formula is C22H27F3N6O3S. The Morgan fingerprint density at radius 3 is 2.37 bits per heavy atom. The van der Waals surface area contributed by atoms with Crippen LogP contribution in [0.5, 0.6) is 5.75 Å². The number of aromatic nitrogens is 2. The van der Waals surface area contributed by atoms with Gasteiger partial charge in [-0.15, -0.1) is 0 Å². The van der Waals surface area contributed by atoms with Gasteiger partial charge >= 0.3 is 12.3 Å². The molecule has 0 saturated heterocycles. The minimum Gasteiger partial charge on any atom is -0.491 e. The van der Waals surface area contributed by atoms with Crippen LogP contribution < -0.4 is 20.3 Å². The number of anilines is 2. The zero-order valence-corrected chi connectivity index (χ0v) is 20.9. The topological polar surface area (TPSA) is 112 Å². The van der Waals surface area contributed by atoms with E-state index in [1.807, 2.05) is 13.8 Å². The van der Waals surface area contributed by atoms with Crippen molar-refractivity contribution in [2.75, 3.05) is 17.3 Å². The first-order valence-corrected chi connectivity index (χ1v) is 10.8. The zero-order chi connectivity index (χ0) is 26.6. The second-order valence-corrected chi connectivity index (χ2v) is 9.00. The van der Waals surface area contributed by atoms with Crippen molar-refractivity contribution < 1.29 is 27.4 Å². The summed E-state index contributed by atoms with van der Waals surface area (Å²) in [6.07, 6.45) is -3.53. The van der Waals surface area contributed by atoms with Crippen molar-refractivity contribution in [3.63, 3.8) is 0 Å². The second kappa shape index (κ2) is 10.8. The fraction of sp³-hybridized carbons (Fsp3) is 0.409. The van der Waals surface area contributed by atoms with Crippen LogP contribution in [-0.4, -0.2) is 45.8 Å². The molecule has 2 aromatic rings. The maximum atomic E-state index is 13.8. The molecule has 0 aliphatic carbocycles. The smallest absolute Gasteiger partial charge is 0.418 e. The van der Waals surface area contributed by atoms with E-state index in [0.717, 1.165) is 19.3 Å². The van der Waals surface area contributed by atoms with Crippen molar-refractivity contribution in [2.45, 2.75) is 52.5 Å². The van der Waals surface area contributed by atoms with Gasteiger partial charge in [-0.2, -0.15) is 13.2 Å². The van der Waals surface area contributed by atoms with Crippen LogP contribution in [0.15, 0.2) is 30.6 Å². The van der Waals surface area contributed by atoms with Crippen molar-refractivity contribution in [1.82, 2.24) is 15.3 Å². The van der Waals surface area contributed by atoms with E-state index in [1.54, 1.807) is 26.8 Å². The number of carbonyl (C=O) groups is 1. The van der Waals surface area contributed by atoms with Gasteiger partial charge in [0, 0.05) is 25.5 Å². The van der Waals surface area contributed by atoms with E-state index < -0.39 is 29.1 Å². The number of rotatable bonds is 5. The van der Waals surface area contributed by atoms with Crippen molar-refractivity contribution >= 4 is 40.8 Å². The van der Waals surface area contributed by atoms with Crippen LogP contribution in [-0.2, 0) is 10.9 Å². The Bertz CT molecular complexity index is 1100. The summed E-state index contributed by atoms with van der Waals surface area (Å²) in [7, 11) is 1.13. The third kappa shape index (κ3) is 8.05. The predicted molar refractivity (Wildman–Crippen MR) is 130 cm³/mol. The van der Waals surface area contributed by atoms with Crippen molar-refractivity contribution in [1.29, 1.82) is 5.41 Å². The average Bonchev–Trinajstić information content (AvgIpc) is 2.70. The predicted octanol–water partition coefficient (Wildman–Crippen LogP) is 4.97. The number of alkyl halides is 3. The van der Waals surface area contributed by atoms with E-state index in [-0.39, 0.29) is 28.6 Å². The summed E-state index contributed by atoms with van der Waals surface area (Å²) in [6, 6.07) is 3.88. The van der Waals surface area contributed by atoms with Gasteiger partial charge in [-0.05, 0) is 59.0 Å². The summed E-state index contributed by atoms with van der Waals surface area (Å²) < 4.78 is 52.0. The Morgan fingerprint density at radius 2 is 1.80 bits per heavy atom. The minimum atomic E-state index is -4.80. The van der Waals surface area contributed by atoms with Gasteiger partial charge < -0.3 is 20.1 Å². The molecule has 0 aliphatic heterocycles. The second-order valence-electron chi connectivity index (χ2n) is 8.59. The molecule has 190 valence electrons. The van der Waals surface area contributed by atoms with Crippen LogP contribution in [0.1, 0.15) is 45.9 Å². The number of amides is 1.